The van der Waals surface area contributed by atoms with Crippen LogP contribution in [0.1, 0.15) is 30.4 Å². The smallest absolute Gasteiger partial charge is 0.170 e. The van der Waals surface area contributed by atoms with Gasteiger partial charge in [-0.2, -0.15) is 0 Å². The molecule has 1 aromatic rings. The third kappa shape index (κ3) is 3.54. The van der Waals surface area contributed by atoms with Crippen LogP contribution in [0.4, 0.5) is 4.39 Å². The molecule has 0 saturated heterocycles. The summed E-state index contributed by atoms with van der Waals surface area (Å²) in [7, 11) is 0. The molecule has 1 atom stereocenters. The first kappa shape index (κ1) is 13.5. The van der Waals surface area contributed by atoms with Crippen molar-refractivity contribution in [1.82, 2.24) is 5.32 Å². The summed E-state index contributed by atoms with van der Waals surface area (Å²) in [6.45, 7) is 0.574. The summed E-state index contributed by atoms with van der Waals surface area (Å²) >= 11 is 0. The highest BCUT2D eigenvalue weighted by molar-refractivity contribution is 5.98. The van der Waals surface area contributed by atoms with Crippen LogP contribution >= 0.6 is 0 Å². The van der Waals surface area contributed by atoms with Crippen molar-refractivity contribution in [3.63, 3.8) is 0 Å². The average Bonchev–Trinajstić information content (AvgIpc) is 2.46. The molecule has 1 aliphatic rings. The molecule has 0 amide bonds. The lowest BCUT2D eigenvalue weighted by molar-refractivity contribution is 0.318. The van der Waals surface area contributed by atoms with Crippen molar-refractivity contribution in [2.75, 3.05) is 0 Å². The average molecular weight is 263 g/mol. The maximum atomic E-state index is 13.2. The summed E-state index contributed by atoms with van der Waals surface area (Å²) in [6.07, 6.45) is 7.51. The van der Waals surface area contributed by atoms with Gasteiger partial charge >= 0.3 is 0 Å². The van der Waals surface area contributed by atoms with Gasteiger partial charge in [0.15, 0.2) is 5.84 Å². The molecule has 2 rings (SSSR count). The highest BCUT2D eigenvalue weighted by Gasteiger charge is 2.12. The fourth-order valence-corrected chi connectivity index (χ4v) is 2.23. The SMILES string of the molecule is NC(=NO)c1cc(F)ccc1CNC1CC=CCC1. The normalized spacial score (nSPS) is 19.6. The molecule has 4 N–H and O–H groups in total. The van der Waals surface area contributed by atoms with Gasteiger partial charge < -0.3 is 16.3 Å². The van der Waals surface area contributed by atoms with Gasteiger partial charge in [0.1, 0.15) is 5.82 Å². The Kier molecular flexibility index (Phi) is 4.52. The van der Waals surface area contributed by atoms with Gasteiger partial charge in [0, 0.05) is 18.2 Å². The molecule has 0 aliphatic heterocycles. The Labute approximate surface area is 111 Å². The van der Waals surface area contributed by atoms with Gasteiger partial charge in [-0.1, -0.05) is 23.4 Å². The fourth-order valence-electron chi connectivity index (χ4n) is 2.23. The zero-order valence-corrected chi connectivity index (χ0v) is 10.6. The van der Waals surface area contributed by atoms with Crippen molar-refractivity contribution in [3.8, 4) is 0 Å². The number of allylic oxidation sites excluding steroid dienone is 1. The van der Waals surface area contributed by atoms with E-state index in [0.717, 1.165) is 24.8 Å². The first-order valence-electron chi connectivity index (χ1n) is 6.35. The maximum absolute atomic E-state index is 13.2. The largest absolute Gasteiger partial charge is 0.409 e. The monoisotopic (exact) mass is 263 g/mol. The third-order valence-electron chi connectivity index (χ3n) is 3.31. The van der Waals surface area contributed by atoms with E-state index in [-0.39, 0.29) is 5.84 Å². The molecular formula is C14H18FN3O. The van der Waals surface area contributed by atoms with Crippen molar-refractivity contribution in [1.29, 1.82) is 0 Å². The molecule has 1 aromatic carbocycles. The number of halogens is 1. The van der Waals surface area contributed by atoms with E-state index in [1.54, 1.807) is 6.07 Å². The van der Waals surface area contributed by atoms with Gasteiger partial charge in [-0.05, 0) is 37.0 Å². The second-order valence-electron chi connectivity index (χ2n) is 4.65. The lowest BCUT2D eigenvalue weighted by Gasteiger charge is -2.20. The number of nitrogens with zero attached hydrogens (tertiary/aromatic N) is 1. The number of oxime groups is 1. The van der Waals surface area contributed by atoms with E-state index in [1.165, 1.54) is 12.1 Å². The Morgan fingerprint density at radius 3 is 3.00 bits per heavy atom. The van der Waals surface area contributed by atoms with Crippen molar-refractivity contribution in [2.24, 2.45) is 10.9 Å². The molecule has 5 heteroatoms. The second kappa shape index (κ2) is 6.33. The van der Waals surface area contributed by atoms with Crippen LogP contribution < -0.4 is 11.1 Å². The zero-order valence-electron chi connectivity index (χ0n) is 10.6. The van der Waals surface area contributed by atoms with E-state index in [9.17, 15) is 4.39 Å². The van der Waals surface area contributed by atoms with Crippen LogP contribution in [0.3, 0.4) is 0 Å². The molecule has 0 spiro atoms. The molecule has 1 aliphatic carbocycles. The van der Waals surface area contributed by atoms with Gasteiger partial charge in [-0.25, -0.2) is 4.39 Å². The predicted octanol–water partition coefficient (Wildman–Crippen LogP) is 2.12. The van der Waals surface area contributed by atoms with Crippen LogP contribution in [0.25, 0.3) is 0 Å². The van der Waals surface area contributed by atoms with E-state index in [4.69, 9.17) is 10.9 Å². The summed E-state index contributed by atoms with van der Waals surface area (Å²) in [5.41, 5.74) is 6.82. The topological polar surface area (TPSA) is 70.6 Å². The minimum absolute atomic E-state index is 0.0696. The van der Waals surface area contributed by atoms with E-state index < -0.39 is 5.82 Å². The molecule has 4 nitrogen and oxygen atoms in total. The Hall–Kier alpha value is -1.88. The summed E-state index contributed by atoms with van der Waals surface area (Å²) in [5, 5.41) is 15.1. The number of nitrogens with one attached hydrogen (secondary N) is 1. The molecule has 102 valence electrons. The van der Waals surface area contributed by atoms with Crippen LogP contribution in [0.5, 0.6) is 0 Å². The Morgan fingerprint density at radius 1 is 1.47 bits per heavy atom. The van der Waals surface area contributed by atoms with Gasteiger partial charge in [-0.3, -0.25) is 0 Å². The minimum atomic E-state index is -0.397. The summed E-state index contributed by atoms with van der Waals surface area (Å²) < 4.78 is 13.2. The van der Waals surface area contributed by atoms with E-state index in [1.807, 2.05) is 0 Å². The van der Waals surface area contributed by atoms with Crippen LogP contribution in [0.2, 0.25) is 0 Å². The first-order valence-corrected chi connectivity index (χ1v) is 6.35. The van der Waals surface area contributed by atoms with Crippen molar-refractivity contribution >= 4 is 5.84 Å². The molecular weight excluding hydrogens is 245 g/mol. The first-order chi connectivity index (χ1) is 9.20. The molecule has 0 saturated carbocycles. The van der Waals surface area contributed by atoms with Gasteiger partial charge in [0.2, 0.25) is 0 Å². The van der Waals surface area contributed by atoms with Crippen LogP contribution in [-0.2, 0) is 6.54 Å². The highest BCUT2D eigenvalue weighted by Crippen LogP contribution is 2.14. The number of rotatable bonds is 4. The van der Waals surface area contributed by atoms with Crippen molar-refractivity contribution in [2.45, 2.75) is 31.8 Å². The fraction of sp³-hybridized carbons (Fsp3) is 0.357. The number of hydrogen-bond donors (Lipinski definition) is 3. The molecule has 0 aromatic heterocycles. The summed E-state index contributed by atoms with van der Waals surface area (Å²) in [4.78, 5) is 0. The molecule has 19 heavy (non-hydrogen) atoms. The number of hydrogen-bond acceptors (Lipinski definition) is 3. The van der Waals surface area contributed by atoms with Gasteiger partial charge in [-0.15, -0.1) is 0 Å². The van der Waals surface area contributed by atoms with Crippen LogP contribution in [0.15, 0.2) is 35.5 Å². The predicted molar refractivity (Wildman–Crippen MR) is 72.5 cm³/mol. The van der Waals surface area contributed by atoms with Crippen LogP contribution in [-0.4, -0.2) is 17.1 Å². The van der Waals surface area contributed by atoms with E-state index >= 15 is 0 Å². The Morgan fingerprint density at radius 2 is 2.32 bits per heavy atom. The molecule has 0 fully saturated rings. The number of benzene rings is 1. The lowest BCUT2D eigenvalue weighted by Crippen LogP contribution is -2.30. The summed E-state index contributed by atoms with van der Waals surface area (Å²) in [6, 6.07) is 4.75. The molecule has 1 unspecified atom stereocenters. The van der Waals surface area contributed by atoms with Crippen LogP contribution in [0, 0.1) is 5.82 Å². The van der Waals surface area contributed by atoms with Crippen molar-refractivity contribution < 1.29 is 9.60 Å². The summed E-state index contributed by atoms with van der Waals surface area (Å²) in [5.74, 6) is -0.467. The van der Waals surface area contributed by atoms with Crippen molar-refractivity contribution in [3.05, 3.63) is 47.3 Å². The standard InChI is InChI=1S/C14H18FN3O/c15-11-7-6-10(13(8-11)14(16)18-19)9-17-12-4-2-1-3-5-12/h1-2,6-8,12,17,19H,3-5,9H2,(H2,16,18). The van der Waals surface area contributed by atoms with Gasteiger partial charge in [0.05, 0.1) is 0 Å². The Bertz CT molecular complexity index is 499. The second-order valence-corrected chi connectivity index (χ2v) is 4.65. The number of amidine groups is 1. The Balaban J connectivity index is 2.08. The zero-order chi connectivity index (χ0) is 13.7. The molecule has 0 bridgehead atoms. The highest BCUT2D eigenvalue weighted by atomic mass is 19.1. The number of nitrogens with two attached hydrogens (primary N) is 1. The quantitative estimate of drug-likeness (QED) is 0.256. The minimum Gasteiger partial charge on any atom is -0.409 e. The lowest BCUT2D eigenvalue weighted by atomic mass is 10.0. The van der Waals surface area contributed by atoms with Gasteiger partial charge in [0.25, 0.3) is 0 Å². The van der Waals surface area contributed by atoms with E-state index in [2.05, 4.69) is 22.6 Å². The van der Waals surface area contributed by atoms with E-state index in [0.29, 0.717) is 18.2 Å². The maximum Gasteiger partial charge on any atom is 0.170 e. The third-order valence-corrected chi connectivity index (χ3v) is 3.31. The molecule has 0 heterocycles. The molecule has 0 radical (unpaired) electrons.